The number of carbonyl (C=O) groups excluding carboxylic acids is 1. The molecule has 3 aromatic rings. The lowest BCUT2D eigenvalue weighted by Crippen LogP contribution is -2.21. The predicted molar refractivity (Wildman–Crippen MR) is 102 cm³/mol. The molecule has 8 heteroatoms. The Balaban J connectivity index is 1.55. The number of rotatable bonds is 7. The quantitative estimate of drug-likeness (QED) is 0.605. The molecular weight excluding hydrogens is 383 g/mol. The fourth-order valence-electron chi connectivity index (χ4n) is 2.65. The van der Waals surface area contributed by atoms with Crippen LogP contribution in [0.4, 0.5) is 13.2 Å². The third-order valence-corrected chi connectivity index (χ3v) is 4.02. The highest BCUT2D eigenvalue weighted by Crippen LogP contribution is 2.23. The molecule has 0 spiro atoms. The van der Waals surface area contributed by atoms with Crippen molar-refractivity contribution in [2.45, 2.75) is 19.5 Å². The van der Waals surface area contributed by atoms with Gasteiger partial charge in [0.05, 0.1) is 6.33 Å². The first-order valence-corrected chi connectivity index (χ1v) is 8.73. The van der Waals surface area contributed by atoms with Gasteiger partial charge in [-0.15, -0.1) is 13.2 Å². The third kappa shape index (κ3) is 6.53. The number of amides is 1. The normalized spacial score (nSPS) is 11.6. The molecule has 0 fully saturated rings. The lowest BCUT2D eigenvalue weighted by Gasteiger charge is -2.10. The molecule has 0 aliphatic rings. The number of ether oxygens (including phenoxy) is 1. The van der Waals surface area contributed by atoms with E-state index in [0.717, 1.165) is 11.1 Å². The number of carbonyl (C=O) groups is 1. The summed E-state index contributed by atoms with van der Waals surface area (Å²) in [5, 5.41) is 2.81. The van der Waals surface area contributed by atoms with E-state index in [1.165, 1.54) is 36.4 Å². The van der Waals surface area contributed by atoms with Crippen LogP contribution in [0.1, 0.15) is 16.7 Å². The molecule has 0 saturated carbocycles. The number of nitrogens with one attached hydrogen (secondary N) is 1. The van der Waals surface area contributed by atoms with Gasteiger partial charge < -0.3 is 14.6 Å². The molecular formula is C21H18F3N3O2. The van der Waals surface area contributed by atoms with Crippen LogP contribution < -0.4 is 10.1 Å². The standard InChI is InChI=1S/C21H18F3N3O2/c22-21(23,24)29-19-8-5-16(6-9-19)7-10-20(28)26-13-17-3-1-2-4-18(17)14-27-12-11-25-15-27/h1-12,15H,13-14H2,(H,26,28). The number of hydrogen-bond acceptors (Lipinski definition) is 3. The fourth-order valence-corrected chi connectivity index (χ4v) is 2.65. The molecule has 0 unspecified atom stereocenters. The van der Waals surface area contributed by atoms with Gasteiger partial charge in [0.1, 0.15) is 5.75 Å². The first-order chi connectivity index (χ1) is 13.9. The van der Waals surface area contributed by atoms with E-state index < -0.39 is 6.36 Å². The molecule has 5 nitrogen and oxygen atoms in total. The maximum atomic E-state index is 12.2. The van der Waals surface area contributed by atoms with Crippen molar-refractivity contribution in [1.29, 1.82) is 0 Å². The third-order valence-electron chi connectivity index (χ3n) is 4.02. The molecule has 0 aliphatic carbocycles. The van der Waals surface area contributed by atoms with E-state index in [2.05, 4.69) is 15.0 Å². The van der Waals surface area contributed by atoms with Crippen LogP contribution in [0.2, 0.25) is 0 Å². The van der Waals surface area contributed by atoms with Crippen LogP contribution in [0.15, 0.2) is 73.3 Å². The summed E-state index contributed by atoms with van der Waals surface area (Å²) in [5.41, 5.74) is 2.63. The Labute approximate surface area is 165 Å². The van der Waals surface area contributed by atoms with Crippen LogP contribution in [0.3, 0.4) is 0 Å². The van der Waals surface area contributed by atoms with Gasteiger partial charge >= 0.3 is 6.36 Å². The van der Waals surface area contributed by atoms with Crippen molar-refractivity contribution in [3.05, 3.63) is 90.0 Å². The van der Waals surface area contributed by atoms with E-state index >= 15 is 0 Å². The van der Waals surface area contributed by atoms with Gasteiger partial charge in [-0.2, -0.15) is 0 Å². The smallest absolute Gasteiger partial charge is 0.406 e. The minimum absolute atomic E-state index is 0.307. The summed E-state index contributed by atoms with van der Waals surface area (Å²) >= 11 is 0. The highest BCUT2D eigenvalue weighted by atomic mass is 19.4. The molecule has 0 atom stereocenters. The Hall–Kier alpha value is -3.55. The van der Waals surface area contributed by atoms with E-state index in [-0.39, 0.29) is 11.7 Å². The summed E-state index contributed by atoms with van der Waals surface area (Å²) in [5.74, 6) is -0.619. The van der Waals surface area contributed by atoms with Gasteiger partial charge in [0, 0.05) is 31.6 Å². The van der Waals surface area contributed by atoms with Crippen LogP contribution >= 0.6 is 0 Å². The van der Waals surface area contributed by atoms with Crippen molar-refractivity contribution in [2.75, 3.05) is 0 Å². The monoisotopic (exact) mass is 401 g/mol. The summed E-state index contributed by atoms with van der Waals surface area (Å²) in [6, 6.07) is 13.0. The molecule has 29 heavy (non-hydrogen) atoms. The molecule has 0 saturated heterocycles. The maximum absolute atomic E-state index is 12.2. The first kappa shape index (κ1) is 20.2. The zero-order valence-corrected chi connectivity index (χ0v) is 15.3. The molecule has 2 aromatic carbocycles. The van der Waals surface area contributed by atoms with Crippen molar-refractivity contribution in [3.63, 3.8) is 0 Å². The van der Waals surface area contributed by atoms with Gasteiger partial charge in [0.15, 0.2) is 0 Å². The van der Waals surface area contributed by atoms with Crippen molar-refractivity contribution in [2.24, 2.45) is 0 Å². The van der Waals surface area contributed by atoms with Gasteiger partial charge in [-0.1, -0.05) is 36.4 Å². The van der Waals surface area contributed by atoms with Crippen molar-refractivity contribution < 1.29 is 22.7 Å². The van der Waals surface area contributed by atoms with Crippen molar-refractivity contribution in [3.8, 4) is 5.75 Å². The van der Waals surface area contributed by atoms with Gasteiger partial charge in [-0.05, 0) is 34.9 Å². The van der Waals surface area contributed by atoms with E-state index in [4.69, 9.17) is 0 Å². The summed E-state index contributed by atoms with van der Waals surface area (Å²) in [6.45, 7) is 1.00. The first-order valence-electron chi connectivity index (χ1n) is 8.73. The largest absolute Gasteiger partial charge is 0.573 e. The summed E-state index contributed by atoms with van der Waals surface area (Å²) in [7, 11) is 0. The van der Waals surface area contributed by atoms with Gasteiger partial charge in [-0.25, -0.2) is 4.98 Å². The Kier molecular flexibility index (Phi) is 6.33. The lowest BCUT2D eigenvalue weighted by molar-refractivity contribution is -0.274. The Morgan fingerprint density at radius 3 is 2.48 bits per heavy atom. The van der Waals surface area contributed by atoms with Gasteiger partial charge in [0.25, 0.3) is 0 Å². The minimum atomic E-state index is -4.73. The average Bonchev–Trinajstić information content (AvgIpc) is 3.19. The second-order valence-electron chi connectivity index (χ2n) is 6.17. The molecule has 1 N–H and O–H groups in total. The van der Waals surface area contributed by atoms with Crippen LogP contribution in [0.5, 0.6) is 5.75 Å². The highest BCUT2D eigenvalue weighted by molar-refractivity contribution is 5.91. The Bertz CT molecular complexity index is 966. The molecule has 1 amide bonds. The molecule has 0 bridgehead atoms. The van der Waals surface area contributed by atoms with Gasteiger partial charge in [-0.3, -0.25) is 4.79 Å². The number of alkyl halides is 3. The summed E-state index contributed by atoms with van der Waals surface area (Å²) in [4.78, 5) is 16.1. The van der Waals surface area contributed by atoms with E-state index in [1.54, 1.807) is 12.5 Å². The number of hydrogen-bond donors (Lipinski definition) is 1. The van der Waals surface area contributed by atoms with E-state index in [9.17, 15) is 18.0 Å². The van der Waals surface area contributed by atoms with E-state index in [1.807, 2.05) is 35.0 Å². The highest BCUT2D eigenvalue weighted by Gasteiger charge is 2.30. The number of benzene rings is 2. The fraction of sp³-hybridized carbons (Fsp3) is 0.143. The molecule has 1 heterocycles. The zero-order valence-electron chi connectivity index (χ0n) is 15.3. The molecule has 1 aromatic heterocycles. The summed E-state index contributed by atoms with van der Waals surface area (Å²) in [6.07, 6.45) is 3.41. The van der Waals surface area contributed by atoms with Crippen LogP contribution in [0, 0.1) is 0 Å². The lowest BCUT2D eigenvalue weighted by atomic mass is 10.1. The SMILES string of the molecule is O=C(C=Cc1ccc(OC(F)(F)F)cc1)NCc1ccccc1Cn1ccnc1. The van der Waals surface area contributed by atoms with Crippen LogP contribution in [-0.4, -0.2) is 21.8 Å². The molecule has 150 valence electrons. The minimum Gasteiger partial charge on any atom is -0.406 e. The van der Waals surface area contributed by atoms with Crippen LogP contribution in [-0.2, 0) is 17.9 Å². The number of nitrogens with zero attached hydrogens (tertiary/aromatic N) is 2. The summed E-state index contributed by atoms with van der Waals surface area (Å²) < 4.78 is 42.2. The number of imidazole rings is 1. The topological polar surface area (TPSA) is 56.1 Å². The number of aromatic nitrogens is 2. The zero-order chi connectivity index (χ0) is 20.7. The van der Waals surface area contributed by atoms with Crippen molar-refractivity contribution in [1.82, 2.24) is 14.9 Å². The predicted octanol–water partition coefficient (Wildman–Crippen LogP) is 4.16. The molecule has 3 rings (SSSR count). The van der Waals surface area contributed by atoms with Crippen molar-refractivity contribution >= 4 is 12.0 Å². The average molecular weight is 401 g/mol. The van der Waals surface area contributed by atoms with E-state index in [0.29, 0.717) is 18.7 Å². The second-order valence-corrected chi connectivity index (χ2v) is 6.17. The second kappa shape index (κ2) is 9.09. The maximum Gasteiger partial charge on any atom is 0.573 e. The molecule has 0 radical (unpaired) electrons. The van der Waals surface area contributed by atoms with Crippen LogP contribution in [0.25, 0.3) is 6.08 Å². The van der Waals surface area contributed by atoms with Gasteiger partial charge in [0.2, 0.25) is 5.91 Å². The number of halogens is 3. The Morgan fingerprint density at radius 1 is 1.10 bits per heavy atom. The molecule has 0 aliphatic heterocycles. The Morgan fingerprint density at radius 2 is 1.83 bits per heavy atom.